The smallest absolute Gasteiger partial charge is 0.356 e. The van der Waals surface area contributed by atoms with Crippen LogP contribution in [0.2, 0.25) is 0 Å². The number of hydrogen-bond acceptors (Lipinski definition) is 3. The highest BCUT2D eigenvalue weighted by atomic mass is 16.5. The standard InChI is InChI=1S/C10H16N2O2/c1-7(2)4-5-9-11-6-8(12-9)10(13)14-3/h6-7H,4-5H2,1-3H3,(H,11,12). The van der Waals surface area contributed by atoms with Crippen LogP contribution in [-0.4, -0.2) is 23.0 Å². The molecule has 0 spiro atoms. The van der Waals surface area contributed by atoms with Crippen molar-refractivity contribution in [3.8, 4) is 0 Å². The van der Waals surface area contributed by atoms with Gasteiger partial charge < -0.3 is 9.72 Å². The van der Waals surface area contributed by atoms with Gasteiger partial charge in [-0.15, -0.1) is 0 Å². The van der Waals surface area contributed by atoms with Gasteiger partial charge >= 0.3 is 5.97 Å². The fourth-order valence-corrected chi connectivity index (χ4v) is 1.13. The maximum absolute atomic E-state index is 11.1. The predicted molar refractivity (Wildman–Crippen MR) is 53.1 cm³/mol. The Balaban J connectivity index is 2.55. The van der Waals surface area contributed by atoms with Crippen LogP contribution in [0.1, 0.15) is 36.6 Å². The van der Waals surface area contributed by atoms with Gasteiger partial charge in [-0.2, -0.15) is 0 Å². The maximum atomic E-state index is 11.1. The van der Waals surface area contributed by atoms with Gasteiger partial charge in [0.15, 0.2) is 0 Å². The fourth-order valence-electron chi connectivity index (χ4n) is 1.13. The summed E-state index contributed by atoms with van der Waals surface area (Å²) in [4.78, 5) is 18.1. The van der Waals surface area contributed by atoms with Crippen molar-refractivity contribution in [1.82, 2.24) is 9.97 Å². The molecule has 0 radical (unpaired) electrons. The summed E-state index contributed by atoms with van der Waals surface area (Å²) in [6.45, 7) is 4.31. The van der Waals surface area contributed by atoms with Crippen LogP contribution >= 0.6 is 0 Å². The number of aromatic nitrogens is 2. The Labute approximate surface area is 83.7 Å². The van der Waals surface area contributed by atoms with Crippen molar-refractivity contribution in [1.29, 1.82) is 0 Å². The Morgan fingerprint density at radius 2 is 2.36 bits per heavy atom. The highest BCUT2D eigenvalue weighted by Gasteiger charge is 2.09. The van der Waals surface area contributed by atoms with E-state index in [0.717, 1.165) is 18.7 Å². The minimum Gasteiger partial charge on any atom is -0.464 e. The van der Waals surface area contributed by atoms with Crippen molar-refractivity contribution in [3.63, 3.8) is 0 Å². The summed E-state index contributed by atoms with van der Waals surface area (Å²) < 4.78 is 4.56. The molecule has 0 aliphatic carbocycles. The molecular formula is C10H16N2O2. The molecule has 0 saturated heterocycles. The monoisotopic (exact) mass is 196 g/mol. The van der Waals surface area contributed by atoms with E-state index < -0.39 is 0 Å². The maximum Gasteiger partial charge on any atom is 0.356 e. The molecule has 0 unspecified atom stereocenters. The number of ether oxygens (including phenoxy) is 1. The van der Waals surface area contributed by atoms with E-state index in [9.17, 15) is 4.79 Å². The Kier molecular flexibility index (Phi) is 3.68. The van der Waals surface area contributed by atoms with Crippen LogP contribution in [-0.2, 0) is 11.2 Å². The van der Waals surface area contributed by atoms with Crippen LogP contribution in [0.5, 0.6) is 0 Å². The number of hydrogen-bond donors (Lipinski definition) is 1. The van der Waals surface area contributed by atoms with Gasteiger partial charge in [0.05, 0.1) is 13.3 Å². The average molecular weight is 196 g/mol. The second kappa shape index (κ2) is 4.79. The Bertz CT molecular complexity index is 305. The number of imidazole rings is 1. The van der Waals surface area contributed by atoms with Crippen LogP contribution in [0.25, 0.3) is 0 Å². The molecule has 0 aromatic carbocycles. The molecule has 14 heavy (non-hydrogen) atoms. The van der Waals surface area contributed by atoms with Gasteiger partial charge in [-0.25, -0.2) is 9.78 Å². The van der Waals surface area contributed by atoms with Gasteiger partial charge in [0.25, 0.3) is 0 Å². The highest BCUT2D eigenvalue weighted by molar-refractivity contribution is 5.86. The molecule has 1 rings (SSSR count). The Morgan fingerprint density at radius 3 is 2.93 bits per heavy atom. The molecule has 0 saturated carbocycles. The van der Waals surface area contributed by atoms with Crippen LogP contribution in [0.3, 0.4) is 0 Å². The number of aryl methyl sites for hydroxylation is 1. The van der Waals surface area contributed by atoms with Crippen molar-refractivity contribution in [2.24, 2.45) is 5.92 Å². The summed E-state index contributed by atoms with van der Waals surface area (Å²) in [6, 6.07) is 0. The van der Waals surface area contributed by atoms with E-state index >= 15 is 0 Å². The quantitative estimate of drug-likeness (QED) is 0.747. The molecule has 1 aromatic heterocycles. The van der Waals surface area contributed by atoms with Gasteiger partial charge in [-0.1, -0.05) is 13.8 Å². The van der Waals surface area contributed by atoms with E-state index in [2.05, 4.69) is 28.6 Å². The summed E-state index contributed by atoms with van der Waals surface area (Å²) in [5.41, 5.74) is 0.422. The Morgan fingerprint density at radius 1 is 1.64 bits per heavy atom. The molecule has 1 N–H and O–H groups in total. The number of H-pyrrole nitrogens is 1. The molecule has 1 aromatic rings. The van der Waals surface area contributed by atoms with E-state index in [0.29, 0.717) is 11.6 Å². The summed E-state index contributed by atoms with van der Waals surface area (Å²) in [5, 5.41) is 0. The van der Waals surface area contributed by atoms with E-state index in [1.165, 1.54) is 13.3 Å². The predicted octanol–water partition coefficient (Wildman–Crippen LogP) is 1.78. The number of nitrogens with one attached hydrogen (secondary N) is 1. The lowest BCUT2D eigenvalue weighted by molar-refractivity contribution is 0.0594. The topological polar surface area (TPSA) is 55.0 Å². The second-order valence-corrected chi connectivity index (χ2v) is 3.67. The third kappa shape index (κ3) is 2.87. The summed E-state index contributed by atoms with van der Waals surface area (Å²) in [5.74, 6) is 1.12. The minimum atomic E-state index is -0.367. The third-order valence-electron chi connectivity index (χ3n) is 1.99. The van der Waals surface area contributed by atoms with Crippen LogP contribution in [0.15, 0.2) is 6.20 Å². The molecule has 78 valence electrons. The number of aromatic amines is 1. The van der Waals surface area contributed by atoms with Gasteiger partial charge in [0.1, 0.15) is 11.5 Å². The number of carbonyl (C=O) groups excluding carboxylic acids is 1. The van der Waals surface area contributed by atoms with Crippen molar-refractivity contribution in [2.75, 3.05) is 7.11 Å². The zero-order valence-electron chi connectivity index (χ0n) is 8.83. The summed E-state index contributed by atoms with van der Waals surface area (Å²) in [6.07, 6.45) is 3.45. The van der Waals surface area contributed by atoms with E-state index in [4.69, 9.17) is 0 Å². The van der Waals surface area contributed by atoms with E-state index in [1.54, 1.807) is 0 Å². The van der Waals surface area contributed by atoms with Crippen molar-refractivity contribution in [2.45, 2.75) is 26.7 Å². The molecule has 1 heterocycles. The van der Waals surface area contributed by atoms with E-state index in [1.807, 2.05) is 0 Å². The summed E-state index contributed by atoms with van der Waals surface area (Å²) in [7, 11) is 1.36. The largest absolute Gasteiger partial charge is 0.464 e. The first-order valence-corrected chi connectivity index (χ1v) is 4.75. The molecule has 0 aliphatic rings. The van der Waals surface area contributed by atoms with Gasteiger partial charge in [0, 0.05) is 6.42 Å². The molecule has 0 fully saturated rings. The first kappa shape index (κ1) is 10.8. The fraction of sp³-hybridized carbons (Fsp3) is 0.600. The number of nitrogens with zero attached hydrogens (tertiary/aromatic N) is 1. The van der Waals surface area contributed by atoms with Gasteiger partial charge in [-0.05, 0) is 12.3 Å². The molecule has 4 heteroatoms. The second-order valence-electron chi connectivity index (χ2n) is 3.67. The number of methoxy groups -OCH3 is 1. The van der Waals surface area contributed by atoms with Crippen LogP contribution < -0.4 is 0 Å². The number of carbonyl (C=O) groups is 1. The zero-order chi connectivity index (χ0) is 10.6. The molecule has 0 atom stereocenters. The molecule has 4 nitrogen and oxygen atoms in total. The zero-order valence-corrected chi connectivity index (χ0v) is 8.83. The third-order valence-corrected chi connectivity index (χ3v) is 1.99. The first-order chi connectivity index (χ1) is 6.63. The van der Waals surface area contributed by atoms with Gasteiger partial charge in [0.2, 0.25) is 0 Å². The van der Waals surface area contributed by atoms with Crippen LogP contribution in [0, 0.1) is 5.92 Å². The van der Waals surface area contributed by atoms with Crippen molar-refractivity contribution >= 4 is 5.97 Å². The lowest BCUT2D eigenvalue weighted by Gasteiger charge is -2.00. The van der Waals surface area contributed by atoms with Crippen LogP contribution in [0.4, 0.5) is 0 Å². The Hall–Kier alpha value is -1.32. The normalized spacial score (nSPS) is 10.6. The summed E-state index contributed by atoms with van der Waals surface area (Å²) >= 11 is 0. The molecule has 0 aliphatic heterocycles. The average Bonchev–Trinajstić information content (AvgIpc) is 2.62. The van der Waals surface area contributed by atoms with Crippen molar-refractivity contribution in [3.05, 3.63) is 17.7 Å². The highest BCUT2D eigenvalue weighted by Crippen LogP contribution is 2.06. The first-order valence-electron chi connectivity index (χ1n) is 4.75. The molecule has 0 bridgehead atoms. The minimum absolute atomic E-state index is 0.367. The number of esters is 1. The van der Waals surface area contributed by atoms with E-state index in [-0.39, 0.29) is 5.97 Å². The molecule has 0 amide bonds. The lowest BCUT2D eigenvalue weighted by Crippen LogP contribution is -2.01. The number of rotatable bonds is 4. The SMILES string of the molecule is COC(=O)c1cnc(CCC(C)C)[nH]1. The van der Waals surface area contributed by atoms with Crippen molar-refractivity contribution < 1.29 is 9.53 Å². The molecular weight excluding hydrogens is 180 g/mol. The van der Waals surface area contributed by atoms with Gasteiger partial charge in [-0.3, -0.25) is 0 Å². The lowest BCUT2D eigenvalue weighted by atomic mass is 10.1.